The van der Waals surface area contributed by atoms with Crippen molar-refractivity contribution in [2.75, 3.05) is 63.0 Å². The minimum atomic E-state index is -4.63. The zero-order valence-corrected chi connectivity index (χ0v) is 41.4. The predicted octanol–water partition coefficient (Wildman–Crippen LogP) is 5.21. The fourth-order valence-corrected chi connectivity index (χ4v) is 9.77. The summed E-state index contributed by atoms with van der Waals surface area (Å²) in [5, 5.41) is 4.79. The monoisotopic (exact) mass is 985 g/mol. The molecule has 1 aliphatic carbocycles. The molecule has 1 atom stereocenters. The van der Waals surface area contributed by atoms with Crippen LogP contribution in [0.5, 0.6) is 0 Å². The van der Waals surface area contributed by atoms with Gasteiger partial charge in [0.05, 0.1) is 6.07 Å². The minimum Gasteiger partial charge on any atom is -0.456 e. The fraction of sp³-hybridized carbons (Fsp3) is 0.490. The van der Waals surface area contributed by atoms with Gasteiger partial charge >= 0.3 is 5.97 Å². The highest BCUT2D eigenvalue weighted by Crippen LogP contribution is 2.42. The highest BCUT2D eigenvalue weighted by molar-refractivity contribution is 7.85. The third kappa shape index (κ3) is 13.4. The first-order valence-corrected chi connectivity index (χ1v) is 26.0. The molecule has 5 amide bonds. The minimum absolute atomic E-state index is 0.0291. The second-order valence-electron chi connectivity index (χ2n) is 17.5. The Morgan fingerprint density at radius 1 is 0.771 bits per heavy atom. The van der Waals surface area contributed by atoms with Crippen LogP contribution in [0.1, 0.15) is 109 Å². The van der Waals surface area contributed by atoms with Gasteiger partial charge in [0.2, 0.25) is 17.2 Å². The Labute approximate surface area is 408 Å². The Morgan fingerprint density at radius 3 is 2.09 bits per heavy atom. The molecular weight excluding hydrogens is 921 g/mol. The van der Waals surface area contributed by atoms with Gasteiger partial charge in [0.15, 0.2) is 5.78 Å². The summed E-state index contributed by atoms with van der Waals surface area (Å²) in [4.78, 5) is 99.4. The molecule has 376 valence electrons. The van der Waals surface area contributed by atoms with E-state index in [0.29, 0.717) is 61.0 Å². The molecule has 4 aliphatic rings. The van der Waals surface area contributed by atoms with Gasteiger partial charge in [-0.2, -0.15) is 8.42 Å². The molecule has 6 rings (SSSR count). The molecule has 2 aromatic carbocycles. The van der Waals surface area contributed by atoms with Gasteiger partial charge in [0.1, 0.15) is 36.2 Å². The molecule has 3 aliphatic heterocycles. The van der Waals surface area contributed by atoms with E-state index in [1.54, 1.807) is 9.80 Å². The standard InChI is InChI=1S/C51H64N6O12S/c1-5-53(6-2)35-22-24-39-43(32-35)68-44-33-36(54(7-3)8-4)23-25-40(44)50(39)37-16-12-13-17-38(37)51(64)56-30-28-55(29-31-56)46(60)20-15-14-19-45(59)52-41(34-70(65,66)67)42(58)18-10-9-11-21-49(63)69-57-47(61)26-27-48(57)62/h12-13,16-17,22-25,32-33,41H,5-11,14-15,18-21,26-31,34H2,1-4H3,(H-,52,59,65,66,67)/p+1. The maximum absolute atomic E-state index is 14.5. The number of Topliss-reactive ketones (excluding diaryl/α,β-unsaturated/α-hetero) is 1. The summed E-state index contributed by atoms with van der Waals surface area (Å²) < 4.78 is 41.8. The van der Waals surface area contributed by atoms with Crippen molar-refractivity contribution >= 4 is 68.1 Å². The lowest BCUT2D eigenvalue weighted by Crippen LogP contribution is -2.50. The van der Waals surface area contributed by atoms with Crippen LogP contribution in [-0.2, 0) is 43.7 Å². The topological polar surface area (TPSA) is 224 Å². The number of unbranched alkanes of at least 4 members (excludes halogenated alkanes) is 3. The fourth-order valence-electron chi connectivity index (χ4n) is 9.08. The van der Waals surface area contributed by atoms with E-state index in [1.165, 1.54) is 0 Å². The summed E-state index contributed by atoms with van der Waals surface area (Å²) in [5.74, 6) is -3.77. The quantitative estimate of drug-likeness (QED) is 0.0321. The number of amides is 5. The van der Waals surface area contributed by atoms with Crippen molar-refractivity contribution in [3.05, 3.63) is 71.6 Å². The molecule has 0 bridgehead atoms. The maximum atomic E-state index is 14.5. The first-order chi connectivity index (χ1) is 33.5. The number of hydrogen-bond acceptors (Lipinski definition) is 12. The van der Waals surface area contributed by atoms with E-state index in [1.807, 2.05) is 24.3 Å². The van der Waals surface area contributed by atoms with Crippen LogP contribution in [0.15, 0.2) is 65.1 Å². The number of nitrogens with zero attached hydrogens (tertiary/aromatic N) is 5. The van der Waals surface area contributed by atoms with E-state index < -0.39 is 51.4 Å². The summed E-state index contributed by atoms with van der Waals surface area (Å²) >= 11 is 0. The largest absolute Gasteiger partial charge is 0.456 e. The number of nitrogens with one attached hydrogen (secondary N) is 1. The number of hydrogen-bond donors (Lipinski definition) is 2. The van der Waals surface area contributed by atoms with Crippen molar-refractivity contribution < 1.29 is 55.8 Å². The number of benzene rings is 3. The van der Waals surface area contributed by atoms with Crippen molar-refractivity contribution in [3.63, 3.8) is 0 Å². The van der Waals surface area contributed by atoms with E-state index in [9.17, 15) is 46.5 Å². The zero-order valence-electron chi connectivity index (χ0n) is 40.6. The summed E-state index contributed by atoms with van der Waals surface area (Å²) in [7, 11) is -4.63. The van der Waals surface area contributed by atoms with E-state index >= 15 is 0 Å². The van der Waals surface area contributed by atoms with Crippen molar-refractivity contribution in [1.82, 2.24) is 24.8 Å². The number of piperazine rings is 1. The average Bonchev–Trinajstić information content (AvgIpc) is 3.66. The molecule has 2 N–H and O–H groups in total. The van der Waals surface area contributed by atoms with Crippen LogP contribution in [0, 0.1) is 0 Å². The number of anilines is 1. The highest BCUT2D eigenvalue weighted by Gasteiger charge is 2.33. The molecule has 0 saturated carbocycles. The molecule has 2 fully saturated rings. The number of fused-ring (bicyclic) bond motifs is 2. The van der Waals surface area contributed by atoms with Crippen LogP contribution < -0.4 is 20.1 Å². The third-order valence-electron chi connectivity index (χ3n) is 12.9. The maximum Gasteiger partial charge on any atom is 0.333 e. The average molecular weight is 986 g/mol. The van der Waals surface area contributed by atoms with Crippen LogP contribution in [0.4, 0.5) is 5.69 Å². The van der Waals surface area contributed by atoms with Gasteiger partial charge in [-0.3, -0.25) is 33.3 Å². The molecular formula is C51H65N6O12S+. The molecule has 0 radical (unpaired) electrons. The lowest BCUT2D eigenvalue weighted by molar-refractivity contribution is -0.197. The second-order valence-corrected chi connectivity index (χ2v) is 19.0. The summed E-state index contributed by atoms with van der Waals surface area (Å²) in [6, 6.07) is 18.6. The normalized spacial score (nSPS) is 14.6. The molecule has 0 aromatic heterocycles. The lowest BCUT2D eigenvalue weighted by Gasteiger charge is -2.35. The summed E-state index contributed by atoms with van der Waals surface area (Å²) in [6.45, 7) is 13.1. The van der Waals surface area contributed by atoms with Crippen molar-refractivity contribution in [2.24, 2.45) is 0 Å². The number of carbonyl (C=O) groups is 7. The van der Waals surface area contributed by atoms with Gasteiger partial charge in [0, 0.05) is 118 Å². The van der Waals surface area contributed by atoms with Crippen LogP contribution in [-0.4, -0.2) is 133 Å². The lowest BCUT2D eigenvalue weighted by atomic mass is 9.90. The smallest absolute Gasteiger partial charge is 0.333 e. The second kappa shape index (κ2) is 24.4. The van der Waals surface area contributed by atoms with Gasteiger partial charge < -0.3 is 29.3 Å². The zero-order chi connectivity index (χ0) is 50.5. The van der Waals surface area contributed by atoms with Crippen molar-refractivity contribution in [3.8, 4) is 22.5 Å². The van der Waals surface area contributed by atoms with Crippen LogP contribution in [0.25, 0.3) is 33.4 Å². The Bertz CT molecular complexity index is 2720. The van der Waals surface area contributed by atoms with Gasteiger partial charge in [-0.15, -0.1) is 5.06 Å². The predicted molar refractivity (Wildman–Crippen MR) is 263 cm³/mol. The first kappa shape index (κ1) is 52.9. The van der Waals surface area contributed by atoms with Gasteiger partial charge in [-0.1, -0.05) is 24.6 Å². The highest BCUT2D eigenvalue weighted by atomic mass is 32.2. The van der Waals surface area contributed by atoms with Crippen molar-refractivity contribution in [2.45, 2.75) is 104 Å². The molecule has 70 heavy (non-hydrogen) atoms. The molecule has 18 nitrogen and oxygen atoms in total. The van der Waals surface area contributed by atoms with Gasteiger partial charge in [-0.05, 0) is 83.2 Å². The van der Waals surface area contributed by atoms with E-state index in [4.69, 9.17) is 9.25 Å². The first-order valence-electron chi connectivity index (χ1n) is 24.4. The Balaban J connectivity index is 1.02. The molecule has 2 saturated heterocycles. The summed E-state index contributed by atoms with van der Waals surface area (Å²) in [6.07, 6.45) is 1.18. The van der Waals surface area contributed by atoms with Gasteiger partial charge in [-0.25, -0.2) is 9.37 Å². The Kier molecular flexibility index (Phi) is 18.4. The number of ketones is 1. The molecule has 1 unspecified atom stereocenters. The third-order valence-corrected chi connectivity index (χ3v) is 13.7. The number of hydroxylamine groups is 2. The van der Waals surface area contributed by atoms with Gasteiger partial charge in [0.25, 0.3) is 27.8 Å². The number of carbonyl (C=O) groups excluding carboxylic acids is 7. The molecule has 19 heteroatoms. The van der Waals surface area contributed by atoms with E-state index in [0.717, 1.165) is 59.3 Å². The summed E-state index contributed by atoms with van der Waals surface area (Å²) in [5.41, 5.74) is 4.89. The SMILES string of the molecule is CCN(CC)c1ccc2c(-c3ccccc3C(=O)N3CCN(C(=O)CCCCC(=O)NC(CS(=O)(=O)O)C(=O)CCCCCC(=O)ON4C(=O)CCC4=O)CC3)c3ccc(=[N+](CC)CC)cc-3oc2c1. The van der Waals surface area contributed by atoms with Crippen molar-refractivity contribution in [1.29, 1.82) is 0 Å². The van der Waals surface area contributed by atoms with Crippen LogP contribution in [0.3, 0.4) is 0 Å². The Hall–Kier alpha value is -6.47. The van der Waals surface area contributed by atoms with E-state index in [2.05, 4.69) is 78.9 Å². The van der Waals surface area contributed by atoms with Crippen LogP contribution >= 0.6 is 0 Å². The number of imide groups is 1. The van der Waals surface area contributed by atoms with Crippen LogP contribution in [0.2, 0.25) is 0 Å². The molecule has 0 spiro atoms. The molecule has 2 aromatic rings. The van der Waals surface area contributed by atoms with E-state index in [-0.39, 0.29) is 69.6 Å². The molecule has 3 heterocycles. The Morgan fingerprint density at radius 2 is 1.41 bits per heavy atom. The number of rotatable bonds is 23.